The van der Waals surface area contributed by atoms with Crippen LogP contribution in [0.4, 0.5) is 0 Å². The number of rotatable bonds is 2. The summed E-state index contributed by atoms with van der Waals surface area (Å²) in [6.07, 6.45) is 0. The number of benzene rings is 1. The van der Waals surface area contributed by atoms with Crippen molar-refractivity contribution in [3.63, 3.8) is 0 Å². The van der Waals surface area contributed by atoms with Gasteiger partial charge in [0, 0.05) is 31.2 Å². The predicted octanol–water partition coefficient (Wildman–Crippen LogP) is 3.05. The maximum Gasteiger partial charge on any atom is 0.0326 e. The third-order valence-electron chi connectivity index (χ3n) is 4.35. The quantitative estimate of drug-likeness (QED) is 0.863. The summed E-state index contributed by atoms with van der Waals surface area (Å²) in [4.78, 5) is 2.62. The van der Waals surface area contributed by atoms with Gasteiger partial charge in [-0.1, -0.05) is 18.2 Å². The summed E-state index contributed by atoms with van der Waals surface area (Å²) in [6, 6.07) is 7.36. The van der Waals surface area contributed by atoms with Crippen molar-refractivity contribution in [3.8, 4) is 0 Å². The molecular formula is C16H26N2. The second-order valence-corrected chi connectivity index (χ2v) is 6.20. The molecule has 0 spiro atoms. The van der Waals surface area contributed by atoms with Crippen molar-refractivity contribution in [2.75, 3.05) is 19.6 Å². The molecule has 0 amide bonds. The Morgan fingerprint density at radius 2 is 1.94 bits per heavy atom. The number of aryl methyl sites for hydroxylation is 2. The van der Waals surface area contributed by atoms with Crippen LogP contribution >= 0.6 is 0 Å². The minimum Gasteiger partial charge on any atom is -0.314 e. The summed E-state index contributed by atoms with van der Waals surface area (Å²) < 4.78 is 0. The summed E-state index contributed by atoms with van der Waals surface area (Å²) in [7, 11) is 0. The summed E-state index contributed by atoms with van der Waals surface area (Å²) in [5.74, 6) is 0. The van der Waals surface area contributed by atoms with Crippen molar-refractivity contribution in [1.82, 2.24) is 10.2 Å². The van der Waals surface area contributed by atoms with Gasteiger partial charge in [0.2, 0.25) is 0 Å². The molecule has 100 valence electrons. The lowest BCUT2D eigenvalue weighted by Gasteiger charge is -2.46. The summed E-state index contributed by atoms with van der Waals surface area (Å²) in [5.41, 5.74) is 4.45. The molecule has 2 heteroatoms. The van der Waals surface area contributed by atoms with Crippen molar-refractivity contribution in [2.45, 2.75) is 46.2 Å². The van der Waals surface area contributed by atoms with Gasteiger partial charge in [-0.15, -0.1) is 0 Å². The highest BCUT2D eigenvalue weighted by Crippen LogP contribution is 2.29. The van der Waals surface area contributed by atoms with Crippen LogP contribution in [0, 0.1) is 13.8 Å². The van der Waals surface area contributed by atoms with Gasteiger partial charge >= 0.3 is 0 Å². The van der Waals surface area contributed by atoms with Crippen LogP contribution < -0.4 is 5.32 Å². The van der Waals surface area contributed by atoms with E-state index in [9.17, 15) is 0 Å². The van der Waals surface area contributed by atoms with E-state index in [1.54, 1.807) is 0 Å². The maximum absolute atomic E-state index is 3.49. The Morgan fingerprint density at radius 3 is 2.56 bits per heavy atom. The van der Waals surface area contributed by atoms with Crippen LogP contribution in [0.2, 0.25) is 0 Å². The minimum absolute atomic E-state index is 0.233. The van der Waals surface area contributed by atoms with Gasteiger partial charge in [0.1, 0.15) is 0 Å². The summed E-state index contributed by atoms with van der Waals surface area (Å²) in [5, 5.41) is 3.49. The van der Waals surface area contributed by atoms with Crippen LogP contribution in [0.3, 0.4) is 0 Å². The maximum atomic E-state index is 3.49. The van der Waals surface area contributed by atoms with Crippen LogP contribution in [0.15, 0.2) is 18.2 Å². The topological polar surface area (TPSA) is 15.3 Å². The van der Waals surface area contributed by atoms with Crippen molar-refractivity contribution in [2.24, 2.45) is 0 Å². The van der Waals surface area contributed by atoms with E-state index in [1.807, 2.05) is 0 Å². The van der Waals surface area contributed by atoms with Gasteiger partial charge in [-0.25, -0.2) is 0 Å². The van der Waals surface area contributed by atoms with E-state index in [4.69, 9.17) is 0 Å². The van der Waals surface area contributed by atoms with Gasteiger partial charge in [-0.2, -0.15) is 0 Å². The molecule has 0 aromatic heterocycles. The first-order valence-electron chi connectivity index (χ1n) is 6.96. The zero-order chi connectivity index (χ0) is 13.3. The Hall–Kier alpha value is -0.860. The molecule has 1 fully saturated rings. The second kappa shape index (κ2) is 5.02. The Morgan fingerprint density at radius 1 is 1.22 bits per heavy atom. The Bertz CT molecular complexity index is 423. The monoisotopic (exact) mass is 246 g/mol. The molecule has 1 saturated heterocycles. The fourth-order valence-corrected chi connectivity index (χ4v) is 2.92. The van der Waals surface area contributed by atoms with E-state index in [-0.39, 0.29) is 5.54 Å². The molecular weight excluding hydrogens is 220 g/mol. The SMILES string of the molecule is Cc1ccc(C(C)N2CCNCC2(C)C)cc1C. The van der Waals surface area contributed by atoms with E-state index in [0.29, 0.717) is 6.04 Å². The highest BCUT2D eigenvalue weighted by Gasteiger charge is 2.33. The third kappa shape index (κ3) is 2.60. The molecule has 2 rings (SSSR count). The van der Waals surface area contributed by atoms with Gasteiger partial charge < -0.3 is 5.32 Å². The van der Waals surface area contributed by atoms with Crippen LogP contribution in [0.5, 0.6) is 0 Å². The Balaban J connectivity index is 2.24. The number of hydrogen-bond acceptors (Lipinski definition) is 2. The molecule has 2 nitrogen and oxygen atoms in total. The van der Waals surface area contributed by atoms with Crippen molar-refractivity contribution >= 4 is 0 Å². The van der Waals surface area contributed by atoms with E-state index in [0.717, 1.165) is 19.6 Å². The molecule has 1 aromatic rings. The highest BCUT2D eigenvalue weighted by atomic mass is 15.3. The first-order valence-corrected chi connectivity index (χ1v) is 6.96. The molecule has 1 atom stereocenters. The van der Waals surface area contributed by atoms with Crippen molar-refractivity contribution < 1.29 is 0 Å². The predicted molar refractivity (Wildman–Crippen MR) is 78.0 cm³/mol. The molecule has 1 aromatic carbocycles. The summed E-state index contributed by atoms with van der Waals surface area (Å²) in [6.45, 7) is 14.7. The fraction of sp³-hybridized carbons (Fsp3) is 0.625. The number of nitrogens with zero attached hydrogens (tertiary/aromatic N) is 1. The lowest BCUT2D eigenvalue weighted by atomic mass is 9.94. The standard InChI is InChI=1S/C16H26N2/c1-12-6-7-15(10-13(12)2)14(3)18-9-8-17-11-16(18,4)5/h6-7,10,14,17H,8-9,11H2,1-5H3. The average Bonchev–Trinajstić information content (AvgIpc) is 2.31. The lowest BCUT2D eigenvalue weighted by molar-refractivity contribution is 0.0516. The fourth-order valence-electron chi connectivity index (χ4n) is 2.92. The van der Waals surface area contributed by atoms with E-state index in [2.05, 4.69) is 63.0 Å². The molecule has 1 aliphatic rings. The van der Waals surface area contributed by atoms with Crippen LogP contribution in [0.25, 0.3) is 0 Å². The van der Waals surface area contributed by atoms with Crippen molar-refractivity contribution in [1.29, 1.82) is 0 Å². The van der Waals surface area contributed by atoms with E-state index in [1.165, 1.54) is 16.7 Å². The van der Waals surface area contributed by atoms with E-state index >= 15 is 0 Å². The largest absolute Gasteiger partial charge is 0.314 e. The van der Waals surface area contributed by atoms with Crippen LogP contribution in [-0.2, 0) is 0 Å². The average molecular weight is 246 g/mol. The molecule has 0 aliphatic carbocycles. The normalized spacial score (nSPS) is 21.8. The summed E-state index contributed by atoms with van der Waals surface area (Å²) >= 11 is 0. The smallest absolute Gasteiger partial charge is 0.0326 e. The first kappa shape index (κ1) is 13.6. The van der Waals surface area contributed by atoms with Gasteiger partial charge in [-0.05, 0) is 51.3 Å². The Kier molecular flexibility index (Phi) is 3.79. The molecule has 0 saturated carbocycles. The van der Waals surface area contributed by atoms with Crippen LogP contribution in [0.1, 0.15) is 43.5 Å². The van der Waals surface area contributed by atoms with Crippen LogP contribution in [-0.4, -0.2) is 30.1 Å². The highest BCUT2D eigenvalue weighted by molar-refractivity contribution is 5.31. The number of hydrogen-bond donors (Lipinski definition) is 1. The molecule has 0 radical (unpaired) electrons. The first-order chi connectivity index (χ1) is 8.42. The number of nitrogens with one attached hydrogen (secondary N) is 1. The van der Waals surface area contributed by atoms with Gasteiger partial charge in [-0.3, -0.25) is 4.90 Å². The molecule has 1 unspecified atom stereocenters. The zero-order valence-corrected chi connectivity index (χ0v) is 12.4. The molecule has 1 aliphatic heterocycles. The Labute approximate surface area is 111 Å². The molecule has 18 heavy (non-hydrogen) atoms. The number of piperazine rings is 1. The molecule has 0 bridgehead atoms. The van der Waals surface area contributed by atoms with Gasteiger partial charge in [0.15, 0.2) is 0 Å². The lowest BCUT2D eigenvalue weighted by Crippen LogP contribution is -2.58. The minimum atomic E-state index is 0.233. The van der Waals surface area contributed by atoms with Gasteiger partial charge in [0.25, 0.3) is 0 Å². The zero-order valence-electron chi connectivity index (χ0n) is 12.4. The molecule has 1 heterocycles. The third-order valence-corrected chi connectivity index (χ3v) is 4.35. The van der Waals surface area contributed by atoms with Crippen molar-refractivity contribution in [3.05, 3.63) is 34.9 Å². The second-order valence-electron chi connectivity index (χ2n) is 6.20. The molecule has 1 N–H and O–H groups in total. The van der Waals surface area contributed by atoms with E-state index < -0.39 is 0 Å². The van der Waals surface area contributed by atoms with Gasteiger partial charge in [0.05, 0.1) is 0 Å².